The summed E-state index contributed by atoms with van der Waals surface area (Å²) in [4.78, 5) is 12.1. The minimum Gasteiger partial charge on any atom is -0.392 e. The number of carbonyl (C=O) groups excluding carboxylic acids is 1. The lowest BCUT2D eigenvalue weighted by molar-refractivity contribution is -0.117. The van der Waals surface area contributed by atoms with Crippen molar-refractivity contribution in [3.8, 4) is 0 Å². The zero-order valence-corrected chi connectivity index (χ0v) is 13.9. The molecule has 6 nitrogen and oxygen atoms in total. The van der Waals surface area contributed by atoms with E-state index >= 15 is 0 Å². The zero-order valence-electron chi connectivity index (χ0n) is 13.1. The lowest BCUT2D eigenvalue weighted by Crippen LogP contribution is -2.35. The molecule has 0 spiro atoms. The first-order chi connectivity index (χ1) is 11.0. The molecule has 1 aromatic heterocycles. The number of nitrogens with zero attached hydrogens (tertiary/aromatic N) is 2. The number of amides is 1. The number of rotatable bonds is 4. The standard InChI is InChI=1S/C16H20N4O2S/c1-16(2,10-6-4-3-5-7-10)14-19-20-15(23-14)18-13(22)12-8-11(21)9-17-12/h3-7,11-12,17,21H,8-9H2,1-2H3,(H,18,20,22). The van der Waals surface area contributed by atoms with E-state index in [1.807, 2.05) is 18.2 Å². The third-order valence-corrected chi connectivity index (χ3v) is 5.27. The first-order valence-electron chi connectivity index (χ1n) is 7.58. The molecule has 3 N–H and O–H groups in total. The maximum atomic E-state index is 12.1. The predicted octanol–water partition coefficient (Wildman–Crippen LogP) is 1.53. The number of carbonyl (C=O) groups is 1. The molecule has 0 radical (unpaired) electrons. The first-order valence-corrected chi connectivity index (χ1v) is 8.40. The van der Waals surface area contributed by atoms with Crippen LogP contribution in [0.5, 0.6) is 0 Å². The summed E-state index contributed by atoms with van der Waals surface area (Å²) in [5.74, 6) is -0.179. The smallest absolute Gasteiger partial charge is 0.243 e. The van der Waals surface area contributed by atoms with Crippen molar-refractivity contribution >= 4 is 22.4 Å². The molecular weight excluding hydrogens is 312 g/mol. The Balaban J connectivity index is 1.72. The van der Waals surface area contributed by atoms with Crippen LogP contribution in [0.15, 0.2) is 30.3 Å². The maximum Gasteiger partial charge on any atom is 0.243 e. The Morgan fingerprint density at radius 3 is 2.74 bits per heavy atom. The number of nitrogens with one attached hydrogen (secondary N) is 2. The quantitative estimate of drug-likeness (QED) is 0.790. The first kappa shape index (κ1) is 16.0. The number of benzene rings is 1. The average Bonchev–Trinajstić information content (AvgIpc) is 3.17. The third kappa shape index (κ3) is 3.41. The van der Waals surface area contributed by atoms with Crippen LogP contribution in [0, 0.1) is 0 Å². The molecule has 0 bridgehead atoms. The van der Waals surface area contributed by atoms with Crippen molar-refractivity contribution in [3.63, 3.8) is 0 Å². The molecule has 2 atom stereocenters. The molecule has 0 aliphatic carbocycles. The number of β-amino-alcohol motifs (C(OH)–C–C–N with tert-alkyl or cyclic N) is 1. The normalized spacial score (nSPS) is 21.3. The van der Waals surface area contributed by atoms with Crippen molar-refractivity contribution in [2.24, 2.45) is 0 Å². The second-order valence-electron chi connectivity index (χ2n) is 6.24. The van der Waals surface area contributed by atoms with Crippen LogP contribution in [-0.2, 0) is 10.2 Å². The molecular formula is C16H20N4O2S. The number of hydrogen-bond acceptors (Lipinski definition) is 6. The molecule has 122 valence electrons. The van der Waals surface area contributed by atoms with E-state index in [9.17, 15) is 9.90 Å². The number of anilines is 1. The van der Waals surface area contributed by atoms with E-state index in [-0.39, 0.29) is 17.4 Å². The van der Waals surface area contributed by atoms with Gasteiger partial charge in [0.15, 0.2) is 0 Å². The van der Waals surface area contributed by atoms with Crippen molar-refractivity contribution in [3.05, 3.63) is 40.9 Å². The minimum absolute atomic E-state index is 0.179. The van der Waals surface area contributed by atoms with E-state index in [0.717, 1.165) is 10.6 Å². The van der Waals surface area contributed by atoms with E-state index in [1.54, 1.807) is 0 Å². The fraction of sp³-hybridized carbons (Fsp3) is 0.438. The lowest BCUT2D eigenvalue weighted by Gasteiger charge is -2.21. The van der Waals surface area contributed by atoms with Crippen LogP contribution < -0.4 is 10.6 Å². The highest BCUT2D eigenvalue weighted by atomic mass is 32.1. The van der Waals surface area contributed by atoms with Gasteiger partial charge in [-0.25, -0.2) is 0 Å². The Morgan fingerprint density at radius 1 is 1.35 bits per heavy atom. The second kappa shape index (κ2) is 6.35. The molecule has 1 saturated heterocycles. The van der Waals surface area contributed by atoms with Gasteiger partial charge in [-0.05, 0) is 25.8 Å². The van der Waals surface area contributed by atoms with Gasteiger partial charge in [-0.1, -0.05) is 41.7 Å². The highest BCUT2D eigenvalue weighted by Gasteiger charge is 2.30. The largest absolute Gasteiger partial charge is 0.392 e. The van der Waals surface area contributed by atoms with Crippen LogP contribution in [0.4, 0.5) is 5.13 Å². The highest BCUT2D eigenvalue weighted by molar-refractivity contribution is 7.15. The molecule has 2 aromatic rings. The summed E-state index contributed by atoms with van der Waals surface area (Å²) in [5, 5.41) is 24.9. The topological polar surface area (TPSA) is 87.1 Å². The summed E-state index contributed by atoms with van der Waals surface area (Å²) in [6.07, 6.45) is -0.0414. The molecule has 2 heterocycles. The van der Waals surface area contributed by atoms with Crippen molar-refractivity contribution in [1.29, 1.82) is 0 Å². The van der Waals surface area contributed by atoms with Gasteiger partial charge >= 0.3 is 0 Å². The Hall–Kier alpha value is -1.83. The van der Waals surface area contributed by atoms with Crippen LogP contribution in [0.1, 0.15) is 30.8 Å². The summed E-state index contributed by atoms with van der Waals surface area (Å²) < 4.78 is 0. The van der Waals surface area contributed by atoms with E-state index in [1.165, 1.54) is 11.3 Å². The van der Waals surface area contributed by atoms with Gasteiger partial charge in [0.1, 0.15) is 5.01 Å². The van der Waals surface area contributed by atoms with Crippen LogP contribution >= 0.6 is 11.3 Å². The van der Waals surface area contributed by atoms with Crippen molar-refractivity contribution in [2.75, 3.05) is 11.9 Å². The molecule has 7 heteroatoms. The molecule has 3 rings (SSSR count). The van der Waals surface area contributed by atoms with E-state index in [4.69, 9.17) is 0 Å². The molecule has 1 aliphatic heterocycles. The number of aliphatic hydroxyl groups excluding tert-OH is 1. The molecule has 0 saturated carbocycles. The van der Waals surface area contributed by atoms with E-state index < -0.39 is 6.10 Å². The molecule has 1 aromatic carbocycles. The van der Waals surface area contributed by atoms with Crippen LogP contribution in [-0.4, -0.2) is 39.9 Å². The lowest BCUT2D eigenvalue weighted by atomic mass is 9.85. The van der Waals surface area contributed by atoms with Gasteiger partial charge in [0, 0.05) is 12.0 Å². The van der Waals surface area contributed by atoms with Crippen LogP contribution in [0.2, 0.25) is 0 Å². The Labute approximate surface area is 139 Å². The third-order valence-electron chi connectivity index (χ3n) is 4.11. The van der Waals surface area contributed by atoms with Crippen molar-refractivity contribution < 1.29 is 9.90 Å². The van der Waals surface area contributed by atoms with E-state index in [0.29, 0.717) is 18.1 Å². The maximum absolute atomic E-state index is 12.1. The SMILES string of the molecule is CC(C)(c1ccccc1)c1nnc(NC(=O)C2CC(O)CN2)s1. The summed E-state index contributed by atoms with van der Waals surface area (Å²) in [7, 11) is 0. The molecule has 2 unspecified atom stereocenters. The van der Waals surface area contributed by atoms with Crippen LogP contribution in [0.25, 0.3) is 0 Å². The number of aromatic nitrogens is 2. The Morgan fingerprint density at radius 2 is 2.09 bits per heavy atom. The highest BCUT2D eigenvalue weighted by Crippen LogP contribution is 2.34. The van der Waals surface area contributed by atoms with E-state index in [2.05, 4.69) is 46.8 Å². The number of aliphatic hydroxyl groups is 1. The van der Waals surface area contributed by atoms with Gasteiger partial charge in [0.2, 0.25) is 11.0 Å². The van der Waals surface area contributed by atoms with Gasteiger partial charge < -0.3 is 10.4 Å². The van der Waals surface area contributed by atoms with Crippen molar-refractivity contribution in [2.45, 2.75) is 37.8 Å². The molecule has 23 heavy (non-hydrogen) atoms. The summed E-state index contributed by atoms with van der Waals surface area (Å²) in [6.45, 7) is 4.62. The second-order valence-corrected chi connectivity index (χ2v) is 7.22. The Kier molecular flexibility index (Phi) is 4.43. The van der Waals surface area contributed by atoms with Crippen LogP contribution in [0.3, 0.4) is 0 Å². The molecule has 1 fully saturated rings. The predicted molar refractivity (Wildman–Crippen MR) is 89.5 cm³/mol. The van der Waals surface area contributed by atoms with Gasteiger partial charge in [-0.3, -0.25) is 10.1 Å². The molecule has 1 amide bonds. The minimum atomic E-state index is -0.465. The average molecular weight is 332 g/mol. The van der Waals surface area contributed by atoms with Gasteiger partial charge in [-0.2, -0.15) is 0 Å². The van der Waals surface area contributed by atoms with Gasteiger partial charge in [-0.15, -0.1) is 10.2 Å². The van der Waals surface area contributed by atoms with Crippen molar-refractivity contribution in [1.82, 2.24) is 15.5 Å². The Bertz CT molecular complexity index is 686. The summed E-state index contributed by atoms with van der Waals surface area (Å²) >= 11 is 1.38. The monoisotopic (exact) mass is 332 g/mol. The van der Waals surface area contributed by atoms with Gasteiger partial charge in [0.05, 0.1) is 12.1 Å². The fourth-order valence-corrected chi connectivity index (χ4v) is 3.48. The zero-order chi connectivity index (χ0) is 16.4. The summed E-state index contributed by atoms with van der Waals surface area (Å²) in [6, 6.07) is 9.72. The molecule has 1 aliphatic rings. The summed E-state index contributed by atoms with van der Waals surface area (Å²) in [5.41, 5.74) is 0.874. The number of hydrogen-bond donors (Lipinski definition) is 3. The fourth-order valence-electron chi connectivity index (χ4n) is 2.61. The van der Waals surface area contributed by atoms with Gasteiger partial charge in [0.25, 0.3) is 0 Å².